The third-order valence-electron chi connectivity index (χ3n) is 1.39. The predicted molar refractivity (Wildman–Crippen MR) is 52.6 cm³/mol. The maximum atomic E-state index is 11.5. The first-order valence-corrected chi connectivity index (χ1v) is 4.88. The number of nitrogens with one attached hydrogen (secondary N) is 1. The minimum atomic E-state index is -1.20. The maximum Gasteiger partial charge on any atom is 0.356 e. The smallest absolute Gasteiger partial charge is 0.356 e. The summed E-state index contributed by atoms with van der Waals surface area (Å²) in [5.74, 6) is -1.20. The Morgan fingerprint density at radius 2 is 2.21 bits per heavy atom. The fourth-order valence-electron chi connectivity index (χ4n) is 0.885. The van der Waals surface area contributed by atoms with Crippen molar-refractivity contribution in [2.24, 2.45) is 0 Å². The molecule has 0 saturated carbocycles. The molecular weight excluding hydrogens is 204 g/mol. The molecule has 0 unspecified atom stereocenters. The van der Waals surface area contributed by atoms with Gasteiger partial charge in [0, 0.05) is 5.25 Å². The van der Waals surface area contributed by atoms with Crippen LogP contribution in [0.25, 0.3) is 0 Å². The van der Waals surface area contributed by atoms with Crippen molar-refractivity contribution in [1.29, 1.82) is 0 Å². The van der Waals surface area contributed by atoms with Crippen LogP contribution >= 0.6 is 11.8 Å². The first kappa shape index (κ1) is 10.8. The van der Waals surface area contributed by atoms with Crippen LogP contribution in [0.5, 0.6) is 0 Å². The summed E-state index contributed by atoms with van der Waals surface area (Å²) in [6.45, 7) is 3.72. The number of thioether (sulfide) groups is 1. The van der Waals surface area contributed by atoms with Crippen LogP contribution < -0.4 is 0 Å². The van der Waals surface area contributed by atoms with E-state index in [2.05, 4.69) is 9.97 Å². The first-order chi connectivity index (χ1) is 6.52. The van der Waals surface area contributed by atoms with Crippen LogP contribution in [-0.2, 0) is 0 Å². The molecule has 0 amide bonds. The Morgan fingerprint density at radius 1 is 1.57 bits per heavy atom. The number of hydrogen-bond acceptors (Lipinski definition) is 4. The molecule has 1 aromatic rings. The molecule has 76 valence electrons. The summed E-state index contributed by atoms with van der Waals surface area (Å²) in [5.41, 5.74) is -0.167. The zero-order valence-corrected chi connectivity index (χ0v) is 8.59. The van der Waals surface area contributed by atoms with Crippen molar-refractivity contribution >= 4 is 22.8 Å². The summed E-state index contributed by atoms with van der Waals surface area (Å²) in [4.78, 5) is 28.2. The summed E-state index contributed by atoms with van der Waals surface area (Å²) in [5, 5.41) is 8.52. The Balaban J connectivity index is 2.90. The molecule has 0 fully saturated rings. The third kappa shape index (κ3) is 2.35. The molecule has 0 aliphatic carbocycles. The highest BCUT2D eigenvalue weighted by Crippen LogP contribution is 2.17. The number of aromatic carboxylic acids is 1. The van der Waals surface area contributed by atoms with E-state index in [4.69, 9.17) is 5.11 Å². The minimum absolute atomic E-state index is 0.0520. The van der Waals surface area contributed by atoms with Crippen molar-refractivity contribution in [2.75, 3.05) is 0 Å². The lowest BCUT2D eigenvalue weighted by Crippen LogP contribution is -2.07. The minimum Gasteiger partial charge on any atom is -0.476 e. The second kappa shape index (κ2) is 4.28. The van der Waals surface area contributed by atoms with Crippen LogP contribution in [0, 0.1) is 0 Å². The number of carbonyl (C=O) groups excluding carboxylic acids is 1. The van der Waals surface area contributed by atoms with Crippen molar-refractivity contribution in [1.82, 2.24) is 9.97 Å². The van der Waals surface area contributed by atoms with E-state index in [-0.39, 0.29) is 21.8 Å². The lowest BCUT2D eigenvalue weighted by molar-refractivity contribution is 0.0687. The van der Waals surface area contributed by atoms with Gasteiger partial charge in [0.15, 0.2) is 5.69 Å². The number of rotatable bonds is 3. The van der Waals surface area contributed by atoms with Gasteiger partial charge in [-0.05, 0) is 0 Å². The number of hydrogen-bond donors (Lipinski definition) is 2. The molecule has 1 heterocycles. The predicted octanol–water partition coefficient (Wildman–Crippen LogP) is 1.39. The van der Waals surface area contributed by atoms with E-state index in [1.807, 2.05) is 13.8 Å². The van der Waals surface area contributed by atoms with Gasteiger partial charge in [-0.1, -0.05) is 25.6 Å². The molecule has 1 aromatic heterocycles. The molecule has 0 saturated heterocycles. The fourth-order valence-corrected chi connectivity index (χ4v) is 1.59. The van der Waals surface area contributed by atoms with Gasteiger partial charge in [-0.15, -0.1) is 0 Å². The van der Waals surface area contributed by atoms with Crippen LogP contribution in [0.15, 0.2) is 6.33 Å². The molecule has 14 heavy (non-hydrogen) atoms. The SMILES string of the molecule is CC(C)SC(=O)c1[nH]cnc1C(=O)O. The molecule has 0 aliphatic heterocycles. The zero-order chi connectivity index (χ0) is 10.7. The molecule has 6 heteroatoms. The highest BCUT2D eigenvalue weighted by Gasteiger charge is 2.20. The highest BCUT2D eigenvalue weighted by atomic mass is 32.2. The summed E-state index contributed by atoms with van der Waals surface area (Å²) in [7, 11) is 0. The summed E-state index contributed by atoms with van der Waals surface area (Å²) >= 11 is 1.07. The average Bonchev–Trinajstić information content (AvgIpc) is 2.49. The molecule has 0 bridgehead atoms. The van der Waals surface area contributed by atoms with Crippen molar-refractivity contribution in [3.05, 3.63) is 17.7 Å². The number of nitrogens with zero attached hydrogens (tertiary/aromatic N) is 1. The van der Waals surface area contributed by atoms with E-state index in [0.29, 0.717) is 0 Å². The molecule has 1 rings (SSSR count). The normalized spacial score (nSPS) is 10.5. The Kier molecular flexibility index (Phi) is 3.29. The Hall–Kier alpha value is -1.30. The number of aromatic nitrogens is 2. The van der Waals surface area contributed by atoms with E-state index in [1.165, 1.54) is 6.33 Å². The molecule has 0 spiro atoms. The fraction of sp³-hybridized carbons (Fsp3) is 0.375. The number of H-pyrrole nitrogens is 1. The third-order valence-corrected chi connectivity index (χ3v) is 2.28. The number of carboxylic acids is 1. The van der Waals surface area contributed by atoms with Gasteiger partial charge in [-0.3, -0.25) is 4.79 Å². The standard InChI is InChI=1S/C8H10N2O3S/c1-4(2)14-8(13)6-5(7(11)12)9-3-10-6/h3-4H,1-2H3,(H,9,10)(H,11,12). The molecule has 0 aliphatic rings. The molecule has 0 atom stereocenters. The topological polar surface area (TPSA) is 83.0 Å². The molecular formula is C8H10N2O3S. The maximum absolute atomic E-state index is 11.5. The van der Waals surface area contributed by atoms with Gasteiger partial charge in [0.25, 0.3) is 0 Å². The Morgan fingerprint density at radius 3 is 2.71 bits per heavy atom. The van der Waals surface area contributed by atoms with Crippen molar-refractivity contribution < 1.29 is 14.7 Å². The zero-order valence-electron chi connectivity index (χ0n) is 7.77. The monoisotopic (exact) mass is 214 g/mol. The van der Waals surface area contributed by atoms with Crippen molar-refractivity contribution in [3.8, 4) is 0 Å². The van der Waals surface area contributed by atoms with Gasteiger partial charge in [0.1, 0.15) is 5.69 Å². The van der Waals surface area contributed by atoms with Gasteiger partial charge in [0.05, 0.1) is 6.33 Å². The van der Waals surface area contributed by atoms with Crippen molar-refractivity contribution in [2.45, 2.75) is 19.1 Å². The van der Waals surface area contributed by atoms with Crippen LogP contribution in [0.1, 0.15) is 34.8 Å². The number of aromatic amines is 1. The quantitative estimate of drug-likeness (QED) is 0.794. The molecule has 5 nitrogen and oxygen atoms in total. The van der Waals surface area contributed by atoms with Crippen LogP contribution in [0.4, 0.5) is 0 Å². The molecule has 0 aromatic carbocycles. The lowest BCUT2D eigenvalue weighted by atomic mass is 10.3. The first-order valence-electron chi connectivity index (χ1n) is 4.00. The lowest BCUT2D eigenvalue weighted by Gasteiger charge is -2.01. The van der Waals surface area contributed by atoms with Crippen LogP contribution in [0.2, 0.25) is 0 Å². The van der Waals surface area contributed by atoms with E-state index in [1.54, 1.807) is 0 Å². The molecule has 2 N–H and O–H groups in total. The largest absolute Gasteiger partial charge is 0.476 e. The number of carbonyl (C=O) groups is 2. The number of imidazole rings is 1. The van der Waals surface area contributed by atoms with Crippen molar-refractivity contribution in [3.63, 3.8) is 0 Å². The van der Waals surface area contributed by atoms with E-state index < -0.39 is 5.97 Å². The van der Waals surface area contributed by atoms with Gasteiger partial charge in [-0.2, -0.15) is 0 Å². The summed E-state index contributed by atoms with van der Waals surface area (Å²) in [6, 6.07) is 0. The summed E-state index contributed by atoms with van der Waals surface area (Å²) in [6.07, 6.45) is 1.21. The average molecular weight is 214 g/mol. The van der Waals surface area contributed by atoms with Gasteiger partial charge >= 0.3 is 5.97 Å². The Labute approximate surface area is 84.9 Å². The molecule has 0 radical (unpaired) electrons. The van der Waals surface area contributed by atoms with Crippen LogP contribution in [0.3, 0.4) is 0 Å². The van der Waals surface area contributed by atoms with Gasteiger partial charge < -0.3 is 10.1 Å². The number of carboxylic acid groups (broad SMARTS) is 1. The Bertz CT molecular complexity index is 359. The van der Waals surface area contributed by atoms with E-state index in [9.17, 15) is 9.59 Å². The van der Waals surface area contributed by atoms with Crippen LogP contribution in [-0.4, -0.2) is 31.4 Å². The van der Waals surface area contributed by atoms with Gasteiger partial charge in [0.2, 0.25) is 5.12 Å². The van der Waals surface area contributed by atoms with Gasteiger partial charge in [-0.25, -0.2) is 9.78 Å². The second-order valence-corrected chi connectivity index (χ2v) is 4.43. The highest BCUT2D eigenvalue weighted by molar-refractivity contribution is 8.14. The van der Waals surface area contributed by atoms with E-state index >= 15 is 0 Å². The second-order valence-electron chi connectivity index (χ2n) is 2.89. The summed E-state index contributed by atoms with van der Waals surface area (Å²) < 4.78 is 0. The van der Waals surface area contributed by atoms with E-state index in [0.717, 1.165) is 11.8 Å².